The molecule has 8 nitrogen and oxygen atoms in total. The molecule has 152 valence electrons. The number of nitrogens with one attached hydrogen (secondary N) is 1. The number of carbonyl (C=O) groups is 2. The van der Waals surface area contributed by atoms with Gasteiger partial charge in [0.1, 0.15) is 12.2 Å². The van der Waals surface area contributed by atoms with Crippen LogP contribution in [-0.4, -0.2) is 55.5 Å². The van der Waals surface area contributed by atoms with Crippen LogP contribution in [0, 0.1) is 0 Å². The average molecular weight is 418 g/mol. The highest BCUT2D eigenvalue weighted by molar-refractivity contribution is 6.30. The minimum absolute atomic E-state index is 0.00261. The molecule has 9 heteroatoms. The Labute approximate surface area is 172 Å². The average Bonchev–Trinajstić information content (AvgIpc) is 3.37. The number of cyclic esters (lactones) is 1. The van der Waals surface area contributed by atoms with Crippen molar-refractivity contribution in [2.45, 2.75) is 18.6 Å². The minimum Gasteiger partial charge on any atom is -0.472 e. The predicted octanol–water partition coefficient (Wildman–Crippen LogP) is 2.66. The maximum absolute atomic E-state index is 12.3. The molecule has 0 saturated carbocycles. The van der Waals surface area contributed by atoms with E-state index in [4.69, 9.17) is 25.8 Å². The standard InChI is InChI=1S/C20H20ClN3O5/c21-14-2-4-15(5-3-14)24-11-17(29-20(24)26)10-23-19(25)13-1-6-18(22-9-13)28-16-7-8-27-12-16/h1-6,9,16-17H,7-8,10-12H2,(H,23,25). The third-order valence-electron chi connectivity index (χ3n) is 4.68. The highest BCUT2D eigenvalue weighted by Gasteiger charge is 2.32. The molecule has 1 N–H and O–H groups in total. The monoisotopic (exact) mass is 417 g/mol. The van der Waals surface area contributed by atoms with Gasteiger partial charge < -0.3 is 19.5 Å². The normalized spacial score (nSPS) is 21.1. The summed E-state index contributed by atoms with van der Waals surface area (Å²) in [5.74, 6) is 0.162. The van der Waals surface area contributed by atoms with Gasteiger partial charge in [0, 0.05) is 29.4 Å². The van der Waals surface area contributed by atoms with Crippen LogP contribution in [0.5, 0.6) is 5.88 Å². The number of nitrogens with zero attached hydrogens (tertiary/aromatic N) is 2. The number of rotatable bonds is 6. The zero-order valence-corrected chi connectivity index (χ0v) is 16.3. The van der Waals surface area contributed by atoms with E-state index < -0.39 is 12.2 Å². The summed E-state index contributed by atoms with van der Waals surface area (Å²) in [5, 5.41) is 3.36. The highest BCUT2D eigenvalue weighted by atomic mass is 35.5. The summed E-state index contributed by atoms with van der Waals surface area (Å²) in [6.07, 6.45) is 1.39. The molecule has 2 aliphatic heterocycles. The molecule has 3 heterocycles. The van der Waals surface area contributed by atoms with E-state index in [2.05, 4.69) is 10.3 Å². The fourth-order valence-corrected chi connectivity index (χ4v) is 3.26. The van der Waals surface area contributed by atoms with Crippen LogP contribution in [0.1, 0.15) is 16.8 Å². The summed E-state index contributed by atoms with van der Waals surface area (Å²) in [6.45, 7) is 1.78. The van der Waals surface area contributed by atoms with E-state index in [0.717, 1.165) is 6.42 Å². The van der Waals surface area contributed by atoms with E-state index in [9.17, 15) is 9.59 Å². The van der Waals surface area contributed by atoms with Crippen LogP contribution in [0.2, 0.25) is 5.02 Å². The Morgan fingerprint density at radius 3 is 2.79 bits per heavy atom. The van der Waals surface area contributed by atoms with Gasteiger partial charge in [0.05, 0.1) is 31.9 Å². The number of anilines is 1. The first-order valence-corrected chi connectivity index (χ1v) is 9.68. The Hall–Kier alpha value is -2.84. The van der Waals surface area contributed by atoms with Gasteiger partial charge in [0.25, 0.3) is 5.91 Å². The zero-order valence-electron chi connectivity index (χ0n) is 15.5. The molecule has 29 heavy (non-hydrogen) atoms. The number of aromatic nitrogens is 1. The van der Waals surface area contributed by atoms with Gasteiger partial charge in [0.2, 0.25) is 5.88 Å². The summed E-state index contributed by atoms with van der Waals surface area (Å²) >= 11 is 5.88. The molecule has 2 saturated heterocycles. The summed E-state index contributed by atoms with van der Waals surface area (Å²) in [4.78, 5) is 30.1. The third-order valence-corrected chi connectivity index (χ3v) is 4.93. The van der Waals surface area contributed by atoms with E-state index in [1.807, 2.05) is 0 Å². The molecule has 0 aliphatic carbocycles. The topological polar surface area (TPSA) is 90.0 Å². The van der Waals surface area contributed by atoms with Crippen LogP contribution >= 0.6 is 11.6 Å². The summed E-state index contributed by atoms with van der Waals surface area (Å²) in [6, 6.07) is 10.2. The third kappa shape index (κ3) is 4.78. The highest BCUT2D eigenvalue weighted by Crippen LogP contribution is 2.23. The summed E-state index contributed by atoms with van der Waals surface area (Å²) < 4.78 is 16.3. The zero-order chi connectivity index (χ0) is 20.2. The van der Waals surface area contributed by atoms with Gasteiger partial charge in [-0.2, -0.15) is 0 Å². The largest absolute Gasteiger partial charge is 0.472 e. The van der Waals surface area contributed by atoms with Crippen LogP contribution in [0.3, 0.4) is 0 Å². The number of pyridine rings is 1. The molecule has 2 fully saturated rings. The fourth-order valence-electron chi connectivity index (χ4n) is 3.13. The van der Waals surface area contributed by atoms with Crippen molar-refractivity contribution in [3.63, 3.8) is 0 Å². The van der Waals surface area contributed by atoms with Gasteiger partial charge in [-0.25, -0.2) is 9.78 Å². The molecule has 2 atom stereocenters. The number of hydrogen-bond donors (Lipinski definition) is 1. The Kier molecular flexibility index (Phi) is 5.82. The fraction of sp³-hybridized carbons (Fsp3) is 0.350. The maximum atomic E-state index is 12.3. The Morgan fingerprint density at radius 2 is 2.10 bits per heavy atom. The Bertz CT molecular complexity index is 869. The molecule has 0 spiro atoms. The van der Waals surface area contributed by atoms with Gasteiger partial charge in [-0.3, -0.25) is 9.69 Å². The number of halogens is 1. The van der Waals surface area contributed by atoms with Crippen LogP contribution < -0.4 is 15.0 Å². The predicted molar refractivity (Wildman–Crippen MR) is 105 cm³/mol. The van der Waals surface area contributed by atoms with Crippen molar-refractivity contribution in [3.8, 4) is 5.88 Å². The first-order valence-electron chi connectivity index (χ1n) is 9.31. The molecular formula is C20H20ClN3O5. The van der Waals surface area contributed by atoms with Gasteiger partial charge >= 0.3 is 6.09 Å². The number of benzene rings is 1. The first kappa shape index (κ1) is 19.5. The summed E-state index contributed by atoms with van der Waals surface area (Å²) in [5.41, 5.74) is 1.10. The van der Waals surface area contributed by atoms with E-state index in [1.165, 1.54) is 11.1 Å². The second kappa shape index (κ2) is 8.67. The molecule has 4 rings (SSSR count). The first-order chi connectivity index (χ1) is 14.1. The van der Waals surface area contributed by atoms with E-state index in [1.54, 1.807) is 36.4 Å². The van der Waals surface area contributed by atoms with Crippen molar-refractivity contribution in [2.24, 2.45) is 0 Å². The van der Waals surface area contributed by atoms with E-state index in [-0.39, 0.29) is 18.6 Å². The molecular weight excluding hydrogens is 398 g/mol. The van der Waals surface area contributed by atoms with Gasteiger partial charge in [-0.05, 0) is 30.3 Å². The lowest BCUT2D eigenvalue weighted by atomic mass is 10.2. The molecule has 2 unspecified atom stereocenters. The number of carbonyl (C=O) groups excluding carboxylic acids is 2. The van der Waals surface area contributed by atoms with Crippen LogP contribution in [0.4, 0.5) is 10.5 Å². The lowest BCUT2D eigenvalue weighted by molar-refractivity contribution is 0.0915. The number of ether oxygens (including phenoxy) is 3. The van der Waals surface area contributed by atoms with Crippen molar-refractivity contribution in [2.75, 3.05) is 31.2 Å². The number of hydrogen-bond acceptors (Lipinski definition) is 6. The van der Waals surface area contributed by atoms with Crippen LogP contribution in [0.25, 0.3) is 0 Å². The molecule has 2 aromatic rings. The van der Waals surface area contributed by atoms with Crippen molar-refractivity contribution in [1.29, 1.82) is 0 Å². The van der Waals surface area contributed by atoms with Crippen LogP contribution in [0.15, 0.2) is 42.6 Å². The van der Waals surface area contributed by atoms with Gasteiger partial charge in [-0.15, -0.1) is 0 Å². The molecule has 1 aromatic heterocycles. The molecule has 1 aromatic carbocycles. The molecule has 0 radical (unpaired) electrons. The SMILES string of the molecule is O=C(NCC1CN(c2ccc(Cl)cc2)C(=O)O1)c1ccc(OC2CCOC2)nc1. The van der Waals surface area contributed by atoms with E-state index in [0.29, 0.717) is 41.9 Å². The lowest BCUT2D eigenvalue weighted by Crippen LogP contribution is -2.34. The molecule has 2 amide bonds. The molecule has 0 bridgehead atoms. The quantitative estimate of drug-likeness (QED) is 0.777. The second-order valence-corrected chi connectivity index (χ2v) is 7.23. The van der Waals surface area contributed by atoms with Crippen molar-refractivity contribution in [1.82, 2.24) is 10.3 Å². The van der Waals surface area contributed by atoms with Crippen molar-refractivity contribution >= 4 is 29.3 Å². The van der Waals surface area contributed by atoms with Gasteiger partial charge in [0.15, 0.2) is 0 Å². The lowest BCUT2D eigenvalue weighted by Gasteiger charge is -2.13. The van der Waals surface area contributed by atoms with Crippen molar-refractivity contribution in [3.05, 3.63) is 53.2 Å². The van der Waals surface area contributed by atoms with Gasteiger partial charge in [-0.1, -0.05) is 11.6 Å². The maximum Gasteiger partial charge on any atom is 0.414 e. The van der Waals surface area contributed by atoms with Crippen molar-refractivity contribution < 1.29 is 23.8 Å². The Balaban J connectivity index is 1.28. The second-order valence-electron chi connectivity index (χ2n) is 6.79. The smallest absolute Gasteiger partial charge is 0.414 e. The minimum atomic E-state index is -0.453. The number of amides is 2. The Morgan fingerprint density at radius 1 is 1.28 bits per heavy atom. The van der Waals surface area contributed by atoms with Crippen LogP contribution in [-0.2, 0) is 9.47 Å². The molecule has 2 aliphatic rings. The van der Waals surface area contributed by atoms with E-state index >= 15 is 0 Å². The summed E-state index contributed by atoms with van der Waals surface area (Å²) in [7, 11) is 0.